The summed E-state index contributed by atoms with van der Waals surface area (Å²) >= 11 is 0. The van der Waals surface area contributed by atoms with Gasteiger partial charge in [0, 0.05) is 23.8 Å². The molecular formula is C21H20F2N2O. The van der Waals surface area contributed by atoms with E-state index in [1.54, 1.807) is 0 Å². The number of hydrogen-bond donors (Lipinski definition) is 1. The Morgan fingerprint density at radius 1 is 1.12 bits per heavy atom. The van der Waals surface area contributed by atoms with E-state index in [1.807, 2.05) is 38.1 Å². The molecule has 2 atom stereocenters. The highest BCUT2D eigenvalue weighted by molar-refractivity contribution is 6.10. The highest BCUT2D eigenvalue weighted by Gasteiger charge is 2.44. The molecule has 26 heavy (non-hydrogen) atoms. The first-order valence-electron chi connectivity index (χ1n) is 8.75. The van der Waals surface area contributed by atoms with Crippen LogP contribution in [0, 0.1) is 23.0 Å². The average molecular weight is 354 g/mol. The Morgan fingerprint density at radius 2 is 1.88 bits per heavy atom. The normalized spacial score (nSPS) is 24.0. The summed E-state index contributed by atoms with van der Waals surface area (Å²) in [5, 5.41) is 3.30. The third-order valence-electron chi connectivity index (χ3n) is 5.13. The Hall–Kier alpha value is -2.56. The molecule has 0 saturated heterocycles. The van der Waals surface area contributed by atoms with Gasteiger partial charge in [0.25, 0.3) is 0 Å². The number of anilines is 1. The number of nitrogens with one attached hydrogen (secondary N) is 1. The van der Waals surface area contributed by atoms with Crippen molar-refractivity contribution in [2.75, 3.05) is 5.32 Å². The average Bonchev–Trinajstić information content (AvgIpc) is 2.69. The Kier molecular flexibility index (Phi) is 3.90. The second kappa shape index (κ2) is 6.01. The molecule has 0 spiro atoms. The van der Waals surface area contributed by atoms with Crippen molar-refractivity contribution in [3.63, 3.8) is 0 Å². The molecule has 4 rings (SSSR count). The fourth-order valence-electron chi connectivity index (χ4n) is 4.03. The standard InChI is InChI=1S/C21H20F2N2O/c1-21(2)10-17-19(18(26)11-21)20(13-8-7-12(22)9-14(13)23)25-16-6-4-3-5-15(16)24-17/h3-9,19-20,25H,10-11H2,1-2H3. The van der Waals surface area contributed by atoms with Crippen LogP contribution in [-0.2, 0) is 4.79 Å². The van der Waals surface area contributed by atoms with Gasteiger partial charge < -0.3 is 5.32 Å². The number of aliphatic imine (C=N–C) groups is 1. The van der Waals surface area contributed by atoms with Crippen molar-refractivity contribution in [2.24, 2.45) is 16.3 Å². The van der Waals surface area contributed by atoms with E-state index in [-0.39, 0.29) is 16.8 Å². The Bertz CT molecular complexity index is 920. The topological polar surface area (TPSA) is 41.5 Å². The lowest BCUT2D eigenvalue weighted by Gasteiger charge is -2.37. The molecule has 0 aromatic heterocycles. The lowest BCUT2D eigenvalue weighted by Crippen LogP contribution is -2.42. The van der Waals surface area contributed by atoms with E-state index < -0.39 is 23.6 Å². The van der Waals surface area contributed by atoms with E-state index in [4.69, 9.17) is 4.99 Å². The van der Waals surface area contributed by atoms with Gasteiger partial charge in [0.05, 0.1) is 23.3 Å². The molecule has 0 bridgehead atoms. The third kappa shape index (κ3) is 2.91. The maximum atomic E-state index is 14.6. The zero-order valence-electron chi connectivity index (χ0n) is 14.7. The number of para-hydroxylation sites is 2. The molecule has 2 aliphatic rings. The van der Waals surface area contributed by atoms with Crippen LogP contribution < -0.4 is 5.32 Å². The van der Waals surface area contributed by atoms with Crippen molar-refractivity contribution >= 4 is 22.9 Å². The summed E-state index contributed by atoms with van der Waals surface area (Å²) in [7, 11) is 0. The number of nitrogens with zero attached hydrogens (tertiary/aromatic N) is 1. The van der Waals surface area contributed by atoms with Crippen molar-refractivity contribution in [1.82, 2.24) is 0 Å². The molecule has 3 nitrogen and oxygen atoms in total. The smallest absolute Gasteiger partial charge is 0.144 e. The summed E-state index contributed by atoms with van der Waals surface area (Å²) < 4.78 is 27.9. The van der Waals surface area contributed by atoms with E-state index in [0.29, 0.717) is 12.8 Å². The molecule has 5 heteroatoms. The maximum absolute atomic E-state index is 14.6. The molecule has 2 unspecified atom stereocenters. The van der Waals surface area contributed by atoms with Gasteiger partial charge in [-0.1, -0.05) is 32.0 Å². The van der Waals surface area contributed by atoms with Crippen LogP contribution in [0.15, 0.2) is 47.5 Å². The van der Waals surface area contributed by atoms with Crippen LogP contribution in [0.1, 0.15) is 38.3 Å². The van der Waals surface area contributed by atoms with Crippen LogP contribution in [0.25, 0.3) is 0 Å². The summed E-state index contributed by atoms with van der Waals surface area (Å²) in [5.41, 5.74) is 2.35. The summed E-state index contributed by atoms with van der Waals surface area (Å²) in [6.45, 7) is 4.09. The molecule has 1 saturated carbocycles. The van der Waals surface area contributed by atoms with Gasteiger partial charge in [-0.25, -0.2) is 8.78 Å². The summed E-state index contributed by atoms with van der Waals surface area (Å²) in [4.78, 5) is 17.8. The fraction of sp³-hybridized carbons (Fsp3) is 0.333. The highest BCUT2D eigenvalue weighted by Crippen LogP contribution is 2.45. The van der Waals surface area contributed by atoms with Crippen LogP contribution in [0.4, 0.5) is 20.2 Å². The van der Waals surface area contributed by atoms with Crippen molar-refractivity contribution in [2.45, 2.75) is 32.7 Å². The second-order valence-electron chi connectivity index (χ2n) is 7.87. The largest absolute Gasteiger partial charge is 0.375 e. The van der Waals surface area contributed by atoms with E-state index in [9.17, 15) is 13.6 Å². The molecule has 134 valence electrons. The van der Waals surface area contributed by atoms with Crippen molar-refractivity contribution < 1.29 is 13.6 Å². The Labute approximate surface area is 151 Å². The van der Waals surface area contributed by atoms with Crippen LogP contribution in [0.2, 0.25) is 0 Å². The van der Waals surface area contributed by atoms with Crippen LogP contribution in [-0.4, -0.2) is 11.5 Å². The van der Waals surface area contributed by atoms with Gasteiger partial charge in [-0.2, -0.15) is 0 Å². The molecule has 1 aliphatic carbocycles. The number of Topliss-reactive ketones (excluding diaryl/α,β-unsaturated/α-hetero) is 1. The molecule has 2 aromatic carbocycles. The lowest BCUT2D eigenvalue weighted by molar-refractivity contribution is -0.124. The summed E-state index contributed by atoms with van der Waals surface area (Å²) in [6.07, 6.45) is 1.08. The molecule has 0 radical (unpaired) electrons. The fourth-order valence-corrected chi connectivity index (χ4v) is 4.03. The van der Waals surface area contributed by atoms with Crippen molar-refractivity contribution in [3.8, 4) is 0 Å². The number of ketones is 1. The maximum Gasteiger partial charge on any atom is 0.144 e. The van der Waals surface area contributed by atoms with Crippen LogP contribution >= 0.6 is 0 Å². The second-order valence-corrected chi connectivity index (χ2v) is 7.87. The number of hydrogen-bond acceptors (Lipinski definition) is 3. The monoisotopic (exact) mass is 354 g/mol. The van der Waals surface area contributed by atoms with Gasteiger partial charge in [-0.05, 0) is 30.0 Å². The van der Waals surface area contributed by atoms with E-state index in [0.717, 1.165) is 23.2 Å². The summed E-state index contributed by atoms with van der Waals surface area (Å²) in [5.74, 6) is -1.81. The van der Waals surface area contributed by atoms with Crippen molar-refractivity contribution in [1.29, 1.82) is 0 Å². The molecule has 1 N–H and O–H groups in total. The predicted molar refractivity (Wildman–Crippen MR) is 97.8 cm³/mol. The minimum Gasteiger partial charge on any atom is -0.375 e. The van der Waals surface area contributed by atoms with E-state index in [2.05, 4.69) is 5.32 Å². The van der Waals surface area contributed by atoms with Gasteiger partial charge in [0.15, 0.2) is 0 Å². The Balaban J connectivity index is 1.89. The molecule has 2 aromatic rings. The van der Waals surface area contributed by atoms with Gasteiger partial charge in [0.2, 0.25) is 0 Å². The minimum absolute atomic E-state index is 0.0361. The van der Waals surface area contributed by atoms with E-state index >= 15 is 0 Å². The zero-order chi connectivity index (χ0) is 18.5. The van der Waals surface area contributed by atoms with Crippen molar-refractivity contribution in [3.05, 3.63) is 59.7 Å². The Morgan fingerprint density at radius 3 is 2.65 bits per heavy atom. The molecule has 1 aliphatic heterocycles. The summed E-state index contributed by atoms with van der Waals surface area (Å²) in [6, 6.07) is 10.4. The first-order valence-corrected chi connectivity index (χ1v) is 8.75. The van der Waals surface area contributed by atoms with Crippen LogP contribution in [0.5, 0.6) is 0 Å². The first kappa shape index (κ1) is 16.9. The van der Waals surface area contributed by atoms with Gasteiger partial charge in [0.1, 0.15) is 17.4 Å². The number of benzene rings is 2. The predicted octanol–water partition coefficient (Wildman–Crippen LogP) is 5.21. The first-order chi connectivity index (χ1) is 12.3. The number of rotatable bonds is 1. The number of fused-ring (bicyclic) bond motifs is 2. The SMILES string of the molecule is CC1(C)CC(=O)C2C(=Nc3ccccc3NC2c2ccc(F)cc2F)C1. The molecular weight excluding hydrogens is 334 g/mol. The van der Waals surface area contributed by atoms with Crippen LogP contribution in [0.3, 0.4) is 0 Å². The zero-order valence-corrected chi connectivity index (χ0v) is 14.7. The van der Waals surface area contributed by atoms with Gasteiger partial charge in [-0.15, -0.1) is 0 Å². The number of carbonyl (C=O) groups excluding carboxylic acids is 1. The van der Waals surface area contributed by atoms with Gasteiger partial charge >= 0.3 is 0 Å². The number of carbonyl (C=O) groups is 1. The van der Waals surface area contributed by atoms with Gasteiger partial charge in [-0.3, -0.25) is 9.79 Å². The third-order valence-corrected chi connectivity index (χ3v) is 5.13. The lowest BCUT2D eigenvalue weighted by atomic mass is 9.68. The molecule has 1 heterocycles. The molecule has 1 fully saturated rings. The number of halogens is 2. The minimum atomic E-state index is -0.654. The van der Waals surface area contributed by atoms with E-state index in [1.165, 1.54) is 12.1 Å². The highest BCUT2D eigenvalue weighted by atomic mass is 19.1. The molecule has 0 amide bonds. The quantitative estimate of drug-likeness (QED) is 0.764.